The molecule has 0 atom stereocenters. The minimum atomic E-state index is -0.282. The van der Waals surface area contributed by atoms with Crippen molar-refractivity contribution in [3.05, 3.63) is 50.4 Å². The molecule has 0 saturated heterocycles. The third-order valence-corrected chi connectivity index (χ3v) is 3.88. The topological polar surface area (TPSA) is 12.0 Å². The zero-order valence-electron chi connectivity index (χ0n) is 9.68. The van der Waals surface area contributed by atoms with E-state index in [0.29, 0.717) is 17.3 Å². The van der Waals surface area contributed by atoms with Crippen LogP contribution in [0.4, 0.5) is 10.1 Å². The molecule has 0 bridgehead atoms. The maximum Gasteiger partial charge on any atom is 0.125 e. The van der Waals surface area contributed by atoms with E-state index in [1.807, 2.05) is 0 Å². The van der Waals surface area contributed by atoms with Gasteiger partial charge in [0, 0.05) is 16.3 Å². The smallest absolute Gasteiger partial charge is 0.125 e. The Bertz CT molecular complexity index is 536. The van der Waals surface area contributed by atoms with Crippen LogP contribution in [0.3, 0.4) is 0 Å². The lowest BCUT2D eigenvalue weighted by molar-refractivity contribution is 0.628. The lowest BCUT2D eigenvalue weighted by Gasteiger charge is -2.08. The Labute approximate surface area is 109 Å². The molecule has 4 heteroatoms. The van der Waals surface area contributed by atoms with E-state index in [0.717, 1.165) is 0 Å². The highest BCUT2D eigenvalue weighted by Gasteiger charge is 2.05. The molecule has 1 aromatic carbocycles. The fourth-order valence-electron chi connectivity index (χ4n) is 1.68. The summed E-state index contributed by atoms with van der Waals surface area (Å²) in [4.78, 5) is 2.56. The van der Waals surface area contributed by atoms with Gasteiger partial charge in [-0.15, -0.1) is 11.3 Å². The molecule has 1 aromatic heterocycles. The molecule has 1 nitrogen and oxygen atoms in total. The number of rotatable bonds is 3. The van der Waals surface area contributed by atoms with Crippen LogP contribution in [0, 0.1) is 19.7 Å². The number of halogens is 2. The van der Waals surface area contributed by atoms with Crippen LogP contribution in [0.25, 0.3) is 0 Å². The molecule has 0 spiro atoms. The van der Waals surface area contributed by atoms with Gasteiger partial charge in [-0.2, -0.15) is 0 Å². The lowest BCUT2D eigenvalue weighted by atomic mass is 10.2. The van der Waals surface area contributed by atoms with Crippen LogP contribution in [-0.4, -0.2) is 0 Å². The van der Waals surface area contributed by atoms with Crippen molar-refractivity contribution in [2.75, 3.05) is 5.32 Å². The molecule has 90 valence electrons. The van der Waals surface area contributed by atoms with Gasteiger partial charge >= 0.3 is 0 Å². The second-order valence-electron chi connectivity index (χ2n) is 3.92. The Morgan fingerprint density at radius 1 is 1.29 bits per heavy atom. The molecular weight excluding hydrogens is 257 g/mol. The van der Waals surface area contributed by atoms with Crippen LogP contribution in [0.5, 0.6) is 0 Å². The third kappa shape index (κ3) is 2.99. The molecule has 0 saturated carbocycles. The minimum Gasteiger partial charge on any atom is -0.380 e. The summed E-state index contributed by atoms with van der Waals surface area (Å²) in [6.07, 6.45) is 0. The van der Waals surface area contributed by atoms with Crippen molar-refractivity contribution >= 4 is 28.6 Å². The summed E-state index contributed by atoms with van der Waals surface area (Å²) < 4.78 is 13.1. The molecule has 1 heterocycles. The normalized spacial score (nSPS) is 10.6. The van der Waals surface area contributed by atoms with E-state index in [9.17, 15) is 4.39 Å². The first-order valence-corrected chi connectivity index (χ1v) is 6.50. The maximum atomic E-state index is 13.1. The Hall–Kier alpha value is -1.06. The zero-order valence-corrected chi connectivity index (χ0v) is 11.3. The third-order valence-electron chi connectivity index (χ3n) is 2.54. The summed E-state index contributed by atoms with van der Waals surface area (Å²) in [5.41, 5.74) is 1.86. The van der Waals surface area contributed by atoms with Gasteiger partial charge in [-0.1, -0.05) is 11.6 Å². The lowest BCUT2D eigenvalue weighted by Crippen LogP contribution is -2.00. The molecule has 0 unspecified atom stereocenters. The van der Waals surface area contributed by atoms with Gasteiger partial charge in [0.2, 0.25) is 0 Å². The summed E-state index contributed by atoms with van der Waals surface area (Å²) in [6, 6.07) is 6.47. The van der Waals surface area contributed by atoms with E-state index >= 15 is 0 Å². The van der Waals surface area contributed by atoms with E-state index in [4.69, 9.17) is 11.6 Å². The fourth-order valence-corrected chi connectivity index (χ4v) is 2.81. The molecule has 0 aliphatic carbocycles. The van der Waals surface area contributed by atoms with Crippen molar-refractivity contribution in [1.82, 2.24) is 0 Å². The van der Waals surface area contributed by atoms with Crippen molar-refractivity contribution in [3.63, 3.8) is 0 Å². The van der Waals surface area contributed by atoms with Gasteiger partial charge in [-0.3, -0.25) is 0 Å². The molecule has 0 radical (unpaired) electrons. The highest BCUT2D eigenvalue weighted by molar-refractivity contribution is 7.12. The van der Waals surface area contributed by atoms with Crippen molar-refractivity contribution in [2.45, 2.75) is 20.4 Å². The van der Waals surface area contributed by atoms with Gasteiger partial charge in [0.25, 0.3) is 0 Å². The number of thiophene rings is 1. The first kappa shape index (κ1) is 12.4. The number of benzene rings is 1. The number of anilines is 1. The Morgan fingerprint density at radius 3 is 2.71 bits per heavy atom. The number of nitrogens with one attached hydrogen (secondary N) is 1. The molecular formula is C13H13ClFNS. The minimum absolute atomic E-state index is 0.282. The highest BCUT2D eigenvalue weighted by atomic mass is 35.5. The van der Waals surface area contributed by atoms with Crippen molar-refractivity contribution in [1.29, 1.82) is 0 Å². The predicted octanol–water partition coefficient (Wildman–Crippen LogP) is 4.77. The van der Waals surface area contributed by atoms with Crippen molar-refractivity contribution in [3.8, 4) is 0 Å². The van der Waals surface area contributed by atoms with Gasteiger partial charge in [0.15, 0.2) is 0 Å². The Kier molecular flexibility index (Phi) is 3.69. The fraction of sp³-hybridized carbons (Fsp3) is 0.231. The maximum absolute atomic E-state index is 13.1. The Balaban J connectivity index is 2.12. The van der Waals surface area contributed by atoms with Crippen LogP contribution in [0.2, 0.25) is 5.02 Å². The van der Waals surface area contributed by atoms with E-state index in [1.54, 1.807) is 17.4 Å². The van der Waals surface area contributed by atoms with Crippen LogP contribution in [0.15, 0.2) is 24.3 Å². The van der Waals surface area contributed by atoms with Crippen LogP contribution in [-0.2, 0) is 6.54 Å². The zero-order chi connectivity index (χ0) is 12.4. The molecule has 0 amide bonds. The molecule has 17 heavy (non-hydrogen) atoms. The Morgan fingerprint density at radius 2 is 2.06 bits per heavy atom. The monoisotopic (exact) mass is 269 g/mol. The average Bonchev–Trinajstić information content (AvgIpc) is 2.59. The van der Waals surface area contributed by atoms with Gasteiger partial charge in [0.05, 0.1) is 10.7 Å². The molecule has 2 rings (SSSR count). The first-order chi connectivity index (χ1) is 8.06. The van der Waals surface area contributed by atoms with E-state index in [2.05, 4.69) is 25.2 Å². The number of hydrogen-bond donors (Lipinski definition) is 1. The predicted molar refractivity (Wildman–Crippen MR) is 72.5 cm³/mol. The second-order valence-corrected chi connectivity index (χ2v) is 5.78. The van der Waals surface area contributed by atoms with E-state index < -0.39 is 0 Å². The highest BCUT2D eigenvalue weighted by Crippen LogP contribution is 2.25. The summed E-state index contributed by atoms with van der Waals surface area (Å²) in [5.74, 6) is -0.282. The van der Waals surface area contributed by atoms with Crippen molar-refractivity contribution in [2.24, 2.45) is 0 Å². The average molecular weight is 270 g/mol. The summed E-state index contributed by atoms with van der Waals surface area (Å²) in [6.45, 7) is 4.83. The van der Waals surface area contributed by atoms with Crippen molar-refractivity contribution < 1.29 is 4.39 Å². The molecule has 0 aliphatic rings. The second kappa shape index (κ2) is 5.07. The first-order valence-electron chi connectivity index (χ1n) is 5.31. The van der Waals surface area contributed by atoms with Gasteiger partial charge in [-0.05, 0) is 43.7 Å². The summed E-state index contributed by atoms with van der Waals surface area (Å²) in [7, 11) is 0. The van der Waals surface area contributed by atoms with Gasteiger partial charge in [0.1, 0.15) is 5.82 Å². The quantitative estimate of drug-likeness (QED) is 0.846. The van der Waals surface area contributed by atoms with Gasteiger partial charge < -0.3 is 5.32 Å². The molecule has 0 fully saturated rings. The van der Waals surface area contributed by atoms with Crippen LogP contribution in [0.1, 0.15) is 15.3 Å². The largest absolute Gasteiger partial charge is 0.380 e. The van der Waals surface area contributed by atoms with Gasteiger partial charge in [-0.25, -0.2) is 4.39 Å². The van der Waals surface area contributed by atoms with Crippen LogP contribution >= 0.6 is 22.9 Å². The molecule has 2 aromatic rings. The van der Waals surface area contributed by atoms with E-state index in [1.165, 1.54) is 27.5 Å². The number of hydrogen-bond acceptors (Lipinski definition) is 2. The number of aryl methyl sites for hydroxylation is 2. The van der Waals surface area contributed by atoms with Crippen LogP contribution < -0.4 is 5.32 Å². The SMILES string of the molecule is Cc1cc(CNc2cc(F)ccc2Cl)c(C)s1. The molecule has 0 aliphatic heterocycles. The summed E-state index contributed by atoms with van der Waals surface area (Å²) >= 11 is 7.75. The van der Waals surface area contributed by atoms with E-state index in [-0.39, 0.29) is 5.82 Å². The standard InChI is InChI=1S/C13H13ClFNS/c1-8-5-10(9(2)17-8)7-16-13-6-11(15)3-4-12(13)14/h3-6,16H,7H2,1-2H3. The summed E-state index contributed by atoms with van der Waals surface area (Å²) in [5, 5.41) is 3.70. The molecule has 1 N–H and O–H groups in total.